The van der Waals surface area contributed by atoms with Crippen LogP contribution in [-0.4, -0.2) is 53.1 Å². The Morgan fingerprint density at radius 3 is 2.23 bits per heavy atom. The molecular weight excluding hydrogens is 497 g/mol. The van der Waals surface area contributed by atoms with Crippen molar-refractivity contribution in [3.05, 3.63) is 17.7 Å². The summed E-state index contributed by atoms with van der Waals surface area (Å²) in [5.74, 6) is 2.70. The highest BCUT2D eigenvalue weighted by molar-refractivity contribution is 14.0. The van der Waals surface area contributed by atoms with E-state index in [9.17, 15) is 0 Å². The number of guanidine groups is 1. The average Bonchev–Trinajstić information content (AvgIpc) is 3.27. The van der Waals surface area contributed by atoms with Crippen molar-refractivity contribution in [3.8, 4) is 17.2 Å². The summed E-state index contributed by atoms with van der Waals surface area (Å²) in [6, 6.07) is 4.32. The molecule has 2 aliphatic rings. The summed E-state index contributed by atoms with van der Waals surface area (Å²) in [6.07, 6.45) is 6.47. The lowest BCUT2D eigenvalue weighted by Gasteiger charge is -2.54. The first-order valence-corrected chi connectivity index (χ1v) is 10.5. The van der Waals surface area contributed by atoms with Gasteiger partial charge >= 0.3 is 0 Å². The molecule has 2 N–H and O–H groups in total. The number of nitrogens with one attached hydrogen (secondary N) is 2. The van der Waals surface area contributed by atoms with E-state index >= 15 is 0 Å². The molecule has 0 aliphatic heterocycles. The molecule has 2 saturated carbocycles. The van der Waals surface area contributed by atoms with Crippen LogP contribution >= 0.6 is 24.0 Å². The Balaban J connectivity index is 0.00000320. The zero-order valence-corrected chi connectivity index (χ0v) is 21.1. The molecule has 0 bridgehead atoms. The van der Waals surface area contributed by atoms with Gasteiger partial charge in [0.15, 0.2) is 17.5 Å². The molecule has 30 heavy (non-hydrogen) atoms. The van der Waals surface area contributed by atoms with Gasteiger partial charge in [0.05, 0.1) is 27.4 Å². The molecule has 170 valence electrons. The van der Waals surface area contributed by atoms with Crippen molar-refractivity contribution >= 4 is 29.9 Å². The minimum absolute atomic E-state index is 0. The van der Waals surface area contributed by atoms with Crippen LogP contribution in [0.25, 0.3) is 0 Å². The van der Waals surface area contributed by atoms with E-state index in [0.717, 1.165) is 24.6 Å². The van der Waals surface area contributed by atoms with E-state index in [-0.39, 0.29) is 29.4 Å². The topological polar surface area (TPSA) is 73.3 Å². The molecule has 0 heterocycles. The van der Waals surface area contributed by atoms with E-state index in [2.05, 4.69) is 22.5 Å². The van der Waals surface area contributed by atoms with Gasteiger partial charge in [-0.2, -0.15) is 0 Å². The number of ether oxygens (including phenoxy) is 4. The van der Waals surface area contributed by atoms with Crippen molar-refractivity contribution in [1.29, 1.82) is 0 Å². The molecule has 1 aromatic carbocycles. The second-order valence-corrected chi connectivity index (χ2v) is 7.78. The van der Waals surface area contributed by atoms with Crippen molar-refractivity contribution in [2.45, 2.75) is 57.7 Å². The number of aliphatic imine (C=N–C) groups is 1. The molecule has 2 unspecified atom stereocenters. The van der Waals surface area contributed by atoms with Crippen molar-refractivity contribution < 1.29 is 18.9 Å². The number of rotatable bonds is 8. The highest BCUT2D eigenvalue weighted by Crippen LogP contribution is 2.54. The third-order valence-corrected chi connectivity index (χ3v) is 6.41. The van der Waals surface area contributed by atoms with Crippen LogP contribution in [0.2, 0.25) is 0 Å². The van der Waals surface area contributed by atoms with Gasteiger partial charge < -0.3 is 29.6 Å². The van der Waals surface area contributed by atoms with Crippen LogP contribution in [0.1, 0.15) is 44.6 Å². The van der Waals surface area contributed by atoms with Crippen LogP contribution in [0.5, 0.6) is 17.2 Å². The molecule has 0 saturated heterocycles. The molecule has 3 rings (SSSR count). The van der Waals surface area contributed by atoms with E-state index in [1.54, 1.807) is 21.3 Å². The highest BCUT2D eigenvalue weighted by Gasteiger charge is 2.56. The van der Waals surface area contributed by atoms with Crippen LogP contribution in [0.15, 0.2) is 17.1 Å². The van der Waals surface area contributed by atoms with Crippen LogP contribution < -0.4 is 24.8 Å². The molecule has 0 amide bonds. The number of hydrogen-bond donors (Lipinski definition) is 2. The minimum atomic E-state index is 0. The average molecular weight is 533 g/mol. The second-order valence-electron chi connectivity index (χ2n) is 7.78. The molecule has 7 nitrogen and oxygen atoms in total. The SMILES string of the molecule is CCOC1CC(NC(=NC)NCc2cc(OC)c(OC)c(OC)c2)C12CCCC2.I. The molecule has 8 heteroatoms. The van der Waals surface area contributed by atoms with Gasteiger partial charge in [-0.05, 0) is 43.9 Å². The predicted molar refractivity (Wildman–Crippen MR) is 130 cm³/mol. The Kier molecular flexibility index (Phi) is 9.33. The fourth-order valence-electron chi connectivity index (χ4n) is 4.87. The summed E-state index contributed by atoms with van der Waals surface area (Å²) >= 11 is 0. The fraction of sp³-hybridized carbons (Fsp3) is 0.682. The molecule has 2 fully saturated rings. The maximum absolute atomic E-state index is 6.02. The van der Waals surface area contributed by atoms with Gasteiger partial charge in [-0.3, -0.25) is 4.99 Å². The van der Waals surface area contributed by atoms with E-state index in [1.165, 1.54) is 25.7 Å². The van der Waals surface area contributed by atoms with Crippen molar-refractivity contribution in [2.75, 3.05) is 35.0 Å². The third kappa shape index (κ3) is 4.90. The molecule has 0 aromatic heterocycles. The predicted octanol–water partition coefficient (Wildman–Crippen LogP) is 3.73. The van der Waals surface area contributed by atoms with Gasteiger partial charge in [-0.25, -0.2) is 0 Å². The van der Waals surface area contributed by atoms with Crippen LogP contribution in [0.3, 0.4) is 0 Å². The summed E-state index contributed by atoms with van der Waals surface area (Å²) < 4.78 is 22.3. The van der Waals surface area contributed by atoms with Gasteiger partial charge in [-0.1, -0.05) is 12.8 Å². The summed E-state index contributed by atoms with van der Waals surface area (Å²) in [5.41, 5.74) is 1.29. The van der Waals surface area contributed by atoms with Gasteiger partial charge in [0, 0.05) is 31.7 Å². The summed E-state index contributed by atoms with van der Waals surface area (Å²) in [6.45, 7) is 3.47. The quantitative estimate of drug-likeness (QED) is 0.302. The van der Waals surface area contributed by atoms with Gasteiger partial charge in [0.2, 0.25) is 5.75 Å². The lowest BCUT2D eigenvalue weighted by Crippen LogP contribution is -2.65. The number of benzene rings is 1. The second kappa shape index (κ2) is 11.3. The van der Waals surface area contributed by atoms with Crippen molar-refractivity contribution in [1.82, 2.24) is 10.6 Å². The maximum atomic E-state index is 6.02. The first-order chi connectivity index (χ1) is 14.1. The largest absolute Gasteiger partial charge is 0.493 e. The third-order valence-electron chi connectivity index (χ3n) is 6.41. The summed E-state index contributed by atoms with van der Waals surface area (Å²) in [4.78, 5) is 4.44. The smallest absolute Gasteiger partial charge is 0.203 e. The molecule has 2 aliphatic carbocycles. The van der Waals surface area contributed by atoms with Crippen LogP contribution in [-0.2, 0) is 11.3 Å². The normalized spacial score (nSPS) is 22.1. The Hall–Kier alpha value is -1.42. The first-order valence-electron chi connectivity index (χ1n) is 10.5. The van der Waals surface area contributed by atoms with Crippen molar-refractivity contribution in [2.24, 2.45) is 10.4 Å². The standard InChI is InChI=1S/C22H35N3O4.HI/c1-6-29-19-13-18(22(19)9-7-8-10-22)25-21(23-2)24-14-15-11-16(26-3)20(28-5)17(12-15)27-4;/h11-12,18-19H,6-10,13-14H2,1-5H3,(H2,23,24,25);1H. The maximum Gasteiger partial charge on any atom is 0.203 e. The Morgan fingerprint density at radius 2 is 1.73 bits per heavy atom. The lowest BCUT2D eigenvalue weighted by molar-refractivity contribution is -0.125. The van der Waals surface area contributed by atoms with Gasteiger partial charge in [0.25, 0.3) is 0 Å². The molecule has 1 aromatic rings. The van der Waals surface area contributed by atoms with Crippen LogP contribution in [0.4, 0.5) is 0 Å². The molecule has 0 radical (unpaired) electrons. The highest BCUT2D eigenvalue weighted by atomic mass is 127. The van der Waals surface area contributed by atoms with E-state index < -0.39 is 0 Å². The van der Waals surface area contributed by atoms with E-state index in [4.69, 9.17) is 18.9 Å². The number of halogens is 1. The zero-order valence-electron chi connectivity index (χ0n) is 18.7. The lowest BCUT2D eigenvalue weighted by atomic mass is 9.60. The Labute approximate surface area is 197 Å². The number of hydrogen-bond acceptors (Lipinski definition) is 5. The fourth-order valence-corrected chi connectivity index (χ4v) is 4.87. The van der Waals surface area contributed by atoms with E-state index in [1.807, 2.05) is 19.2 Å². The summed E-state index contributed by atoms with van der Waals surface area (Å²) in [5, 5.41) is 7.07. The van der Waals surface area contributed by atoms with Crippen molar-refractivity contribution in [3.63, 3.8) is 0 Å². The zero-order chi connectivity index (χ0) is 20.9. The molecule has 1 spiro atoms. The van der Waals surface area contributed by atoms with E-state index in [0.29, 0.717) is 35.9 Å². The van der Waals surface area contributed by atoms with Crippen LogP contribution in [0, 0.1) is 5.41 Å². The number of methoxy groups -OCH3 is 3. The number of nitrogens with zero attached hydrogens (tertiary/aromatic N) is 1. The molecular formula is C22H36IN3O4. The van der Waals surface area contributed by atoms with Gasteiger partial charge in [-0.15, -0.1) is 24.0 Å². The monoisotopic (exact) mass is 533 g/mol. The van der Waals surface area contributed by atoms with Gasteiger partial charge in [0.1, 0.15) is 0 Å². The first kappa shape index (κ1) is 24.8. The minimum Gasteiger partial charge on any atom is -0.493 e. The molecule has 2 atom stereocenters. The Bertz CT molecular complexity index is 697. The Morgan fingerprint density at radius 1 is 1.10 bits per heavy atom. The summed E-state index contributed by atoms with van der Waals surface area (Å²) in [7, 11) is 6.67.